The number of amides is 2. The quantitative estimate of drug-likeness (QED) is 0.811. The Balaban J connectivity index is 1.53. The summed E-state index contributed by atoms with van der Waals surface area (Å²) in [5.74, 6) is -0.315. The number of halogens is 1. The summed E-state index contributed by atoms with van der Waals surface area (Å²) in [6.07, 6.45) is 0. The van der Waals surface area contributed by atoms with Crippen molar-refractivity contribution in [3.05, 3.63) is 35.6 Å². The predicted molar refractivity (Wildman–Crippen MR) is 90.7 cm³/mol. The van der Waals surface area contributed by atoms with Crippen LogP contribution < -0.4 is 0 Å². The molecule has 0 bridgehead atoms. The largest absolute Gasteiger partial charge is 0.378 e. The van der Waals surface area contributed by atoms with Crippen LogP contribution in [0.4, 0.5) is 4.39 Å². The molecular weight excluding hydrogens is 325 g/mol. The molecule has 2 heterocycles. The number of carbonyl (C=O) groups excluding carboxylic acids is 2. The second-order valence-electron chi connectivity index (χ2n) is 6.45. The summed E-state index contributed by atoms with van der Waals surface area (Å²) >= 11 is 0. The Morgan fingerprint density at radius 1 is 0.960 bits per heavy atom. The van der Waals surface area contributed by atoms with Crippen molar-refractivity contribution in [2.45, 2.75) is 13.0 Å². The first-order chi connectivity index (χ1) is 12.1. The maximum atomic E-state index is 13.0. The molecule has 2 amide bonds. The molecule has 0 aromatic heterocycles. The Kier molecular flexibility index (Phi) is 5.65. The highest BCUT2D eigenvalue weighted by molar-refractivity contribution is 5.94. The van der Waals surface area contributed by atoms with Gasteiger partial charge < -0.3 is 14.5 Å². The molecule has 1 aromatic rings. The van der Waals surface area contributed by atoms with Gasteiger partial charge in [0.05, 0.1) is 19.3 Å². The summed E-state index contributed by atoms with van der Waals surface area (Å²) in [5.41, 5.74) is 0.493. The second-order valence-corrected chi connectivity index (χ2v) is 6.45. The number of hydrogen-bond acceptors (Lipinski definition) is 4. The van der Waals surface area contributed by atoms with E-state index in [4.69, 9.17) is 4.74 Å². The van der Waals surface area contributed by atoms with Crippen molar-refractivity contribution in [2.75, 3.05) is 52.5 Å². The van der Waals surface area contributed by atoms with Gasteiger partial charge >= 0.3 is 0 Å². The maximum absolute atomic E-state index is 13.0. The molecule has 7 heteroatoms. The lowest BCUT2D eigenvalue weighted by molar-refractivity contribution is -0.141. The van der Waals surface area contributed by atoms with Crippen LogP contribution in [0.25, 0.3) is 0 Å². The zero-order valence-electron chi connectivity index (χ0n) is 14.5. The number of piperazine rings is 1. The minimum absolute atomic E-state index is 0.0909. The Hall–Kier alpha value is -1.99. The van der Waals surface area contributed by atoms with Crippen LogP contribution in [0.15, 0.2) is 24.3 Å². The average molecular weight is 349 g/mol. The molecule has 136 valence electrons. The summed E-state index contributed by atoms with van der Waals surface area (Å²) in [6, 6.07) is 5.42. The highest BCUT2D eigenvalue weighted by Crippen LogP contribution is 2.13. The highest BCUT2D eigenvalue weighted by atomic mass is 19.1. The van der Waals surface area contributed by atoms with Gasteiger partial charge in [0.2, 0.25) is 5.91 Å². The molecule has 0 unspecified atom stereocenters. The van der Waals surface area contributed by atoms with Gasteiger partial charge in [0.1, 0.15) is 5.82 Å². The third-order valence-electron chi connectivity index (χ3n) is 4.92. The van der Waals surface area contributed by atoms with E-state index < -0.39 is 0 Å². The minimum atomic E-state index is -0.350. The van der Waals surface area contributed by atoms with Crippen molar-refractivity contribution in [3.8, 4) is 0 Å². The van der Waals surface area contributed by atoms with Gasteiger partial charge in [0, 0.05) is 44.8 Å². The number of morpholine rings is 1. The van der Waals surface area contributed by atoms with E-state index >= 15 is 0 Å². The van der Waals surface area contributed by atoms with Gasteiger partial charge in [-0.25, -0.2) is 4.39 Å². The van der Waals surface area contributed by atoms with Crippen molar-refractivity contribution in [1.82, 2.24) is 14.7 Å². The van der Waals surface area contributed by atoms with Crippen LogP contribution in [0, 0.1) is 5.82 Å². The van der Waals surface area contributed by atoms with Crippen LogP contribution in [0.1, 0.15) is 17.3 Å². The molecule has 2 aliphatic rings. The summed E-state index contributed by atoms with van der Waals surface area (Å²) < 4.78 is 18.3. The number of carbonyl (C=O) groups is 2. The standard InChI is InChI=1S/C18H24FN3O3/c1-14(17(23)22-10-12-25-13-11-22)20-6-8-21(9-7-20)18(24)15-2-4-16(19)5-3-15/h2-5,14H,6-13H2,1H3/t14-/m0/s1. The third kappa shape index (κ3) is 4.16. The Labute approximate surface area is 147 Å². The monoisotopic (exact) mass is 349 g/mol. The summed E-state index contributed by atoms with van der Waals surface area (Å²) in [5, 5.41) is 0. The van der Waals surface area contributed by atoms with Crippen LogP contribution in [0.3, 0.4) is 0 Å². The number of hydrogen-bond donors (Lipinski definition) is 0. The molecule has 1 aromatic carbocycles. The maximum Gasteiger partial charge on any atom is 0.253 e. The molecule has 1 atom stereocenters. The normalized spacial score (nSPS) is 20.4. The molecule has 0 N–H and O–H groups in total. The molecular formula is C18H24FN3O3. The second kappa shape index (κ2) is 7.93. The first kappa shape index (κ1) is 17.8. The molecule has 2 saturated heterocycles. The van der Waals surface area contributed by atoms with Crippen molar-refractivity contribution in [3.63, 3.8) is 0 Å². The Morgan fingerprint density at radius 2 is 1.56 bits per heavy atom. The smallest absolute Gasteiger partial charge is 0.253 e. The SMILES string of the molecule is C[C@@H](C(=O)N1CCOCC1)N1CCN(C(=O)c2ccc(F)cc2)CC1. The van der Waals surface area contributed by atoms with Crippen LogP contribution in [0.5, 0.6) is 0 Å². The van der Waals surface area contributed by atoms with Gasteiger partial charge in [0.25, 0.3) is 5.91 Å². The first-order valence-electron chi connectivity index (χ1n) is 8.71. The number of benzene rings is 1. The highest BCUT2D eigenvalue weighted by Gasteiger charge is 2.30. The number of ether oxygens (including phenoxy) is 1. The van der Waals surface area contributed by atoms with Crippen molar-refractivity contribution in [1.29, 1.82) is 0 Å². The molecule has 2 aliphatic heterocycles. The summed E-state index contributed by atoms with van der Waals surface area (Å²) in [7, 11) is 0. The Morgan fingerprint density at radius 3 is 2.16 bits per heavy atom. The minimum Gasteiger partial charge on any atom is -0.378 e. The molecule has 0 saturated carbocycles. The lowest BCUT2D eigenvalue weighted by Crippen LogP contribution is -2.56. The van der Waals surface area contributed by atoms with E-state index in [-0.39, 0.29) is 23.7 Å². The summed E-state index contributed by atoms with van der Waals surface area (Å²) in [6.45, 7) is 6.85. The zero-order chi connectivity index (χ0) is 17.8. The third-order valence-corrected chi connectivity index (χ3v) is 4.92. The van der Waals surface area contributed by atoms with E-state index in [0.717, 1.165) is 0 Å². The topological polar surface area (TPSA) is 53.1 Å². The van der Waals surface area contributed by atoms with Gasteiger partial charge in [-0.15, -0.1) is 0 Å². The first-order valence-corrected chi connectivity index (χ1v) is 8.71. The lowest BCUT2D eigenvalue weighted by atomic mass is 10.1. The fraction of sp³-hybridized carbons (Fsp3) is 0.556. The summed E-state index contributed by atoms with van der Waals surface area (Å²) in [4.78, 5) is 30.8. The molecule has 3 rings (SSSR count). The molecule has 6 nitrogen and oxygen atoms in total. The van der Waals surface area contributed by atoms with E-state index in [1.54, 1.807) is 4.90 Å². The van der Waals surface area contributed by atoms with E-state index in [2.05, 4.69) is 4.90 Å². The van der Waals surface area contributed by atoms with Crippen molar-refractivity contribution >= 4 is 11.8 Å². The van der Waals surface area contributed by atoms with E-state index in [1.807, 2.05) is 11.8 Å². The number of rotatable bonds is 3. The van der Waals surface area contributed by atoms with Crippen LogP contribution in [0.2, 0.25) is 0 Å². The van der Waals surface area contributed by atoms with Crippen molar-refractivity contribution < 1.29 is 18.7 Å². The van der Waals surface area contributed by atoms with E-state index in [1.165, 1.54) is 24.3 Å². The number of nitrogens with zero attached hydrogens (tertiary/aromatic N) is 3. The average Bonchev–Trinajstić information content (AvgIpc) is 2.67. The Bertz CT molecular complexity index is 608. The van der Waals surface area contributed by atoms with Crippen molar-refractivity contribution in [2.24, 2.45) is 0 Å². The predicted octanol–water partition coefficient (Wildman–Crippen LogP) is 0.831. The van der Waals surface area contributed by atoms with E-state index in [0.29, 0.717) is 58.0 Å². The molecule has 0 radical (unpaired) electrons. The molecule has 2 fully saturated rings. The fourth-order valence-electron chi connectivity index (χ4n) is 3.29. The van der Waals surface area contributed by atoms with Crippen LogP contribution in [-0.2, 0) is 9.53 Å². The molecule has 0 aliphatic carbocycles. The van der Waals surface area contributed by atoms with Crippen LogP contribution >= 0.6 is 0 Å². The zero-order valence-corrected chi connectivity index (χ0v) is 14.5. The van der Waals surface area contributed by atoms with Gasteiger partial charge in [-0.2, -0.15) is 0 Å². The van der Waals surface area contributed by atoms with Crippen LogP contribution in [-0.4, -0.2) is 85.0 Å². The molecule has 25 heavy (non-hydrogen) atoms. The van der Waals surface area contributed by atoms with E-state index in [9.17, 15) is 14.0 Å². The lowest BCUT2D eigenvalue weighted by Gasteiger charge is -2.39. The van der Waals surface area contributed by atoms with Gasteiger partial charge in [-0.1, -0.05) is 0 Å². The molecule has 0 spiro atoms. The van der Waals surface area contributed by atoms with Gasteiger partial charge in [0.15, 0.2) is 0 Å². The van der Waals surface area contributed by atoms with Gasteiger partial charge in [-0.05, 0) is 31.2 Å². The fourth-order valence-corrected chi connectivity index (χ4v) is 3.29. The van der Waals surface area contributed by atoms with Gasteiger partial charge in [-0.3, -0.25) is 14.5 Å².